The van der Waals surface area contributed by atoms with Gasteiger partial charge in [0.2, 0.25) is 26.0 Å². The third kappa shape index (κ3) is 9.25. The van der Waals surface area contributed by atoms with Crippen LogP contribution in [0.3, 0.4) is 0 Å². The van der Waals surface area contributed by atoms with E-state index in [1.54, 1.807) is 23.1 Å². The lowest BCUT2D eigenvalue weighted by Gasteiger charge is -2.35. The van der Waals surface area contributed by atoms with Crippen LogP contribution in [0.5, 0.6) is 0 Å². The molecule has 15 heteroatoms. The topological polar surface area (TPSA) is 107 Å². The zero-order chi connectivity index (χ0) is 29.8. The van der Waals surface area contributed by atoms with Crippen LogP contribution in [0.25, 0.3) is 0 Å². The van der Waals surface area contributed by atoms with E-state index >= 15 is 0 Å². The van der Waals surface area contributed by atoms with E-state index in [1.165, 1.54) is 22.7 Å². The first-order chi connectivity index (χ1) is 19.3. The van der Waals surface area contributed by atoms with Crippen LogP contribution in [0.15, 0.2) is 47.4 Å². The Morgan fingerprint density at radius 3 is 2.14 bits per heavy atom. The minimum atomic E-state index is -3.73. The quantitative estimate of drug-likeness (QED) is 0.398. The van der Waals surface area contributed by atoms with Gasteiger partial charge in [-0.05, 0) is 94.2 Å². The highest BCUT2D eigenvalue weighted by Crippen LogP contribution is 2.30. The van der Waals surface area contributed by atoms with Crippen LogP contribution >= 0.6 is 35.6 Å². The number of benzene rings is 2. The summed E-state index contributed by atoms with van der Waals surface area (Å²) in [6.45, 7) is 3.17. The van der Waals surface area contributed by atoms with Gasteiger partial charge in [0.25, 0.3) is 0 Å². The molecule has 234 valence electrons. The van der Waals surface area contributed by atoms with Gasteiger partial charge < -0.3 is 9.80 Å². The van der Waals surface area contributed by atoms with Crippen molar-refractivity contribution in [1.29, 1.82) is 0 Å². The Hall–Kier alpha value is -1.51. The van der Waals surface area contributed by atoms with Crippen molar-refractivity contribution in [2.24, 2.45) is 5.92 Å². The fourth-order valence-electron chi connectivity index (χ4n) is 5.30. The van der Waals surface area contributed by atoms with Crippen molar-refractivity contribution < 1.29 is 26.0 Å². The maximum absolute atomic E-state index is 13.6. The summed E-state index contributed by atoms with van der Waals surface area (Å²) in [5, 5.41) is 0.737. The number of halogens is 4. The van der Waals surface area contributed by atoms with Crippen molar-refractivity contribution in [1.82, 2.24) is 13.9 Å². The fraction of sp³-hybridized carbons (Fsp3) is 0.519. The van der Waals surface area contributed by atoms with Crippen LogP contribution in [0.4, 0.5) is 10.1 Å². The Bertz CT molecular complexity index is 1430. The number of nitrogens with one attached hydrogen (secondary N) is 1. The Morgan fingerprint density at radius 2 is 1.57 bits per heavy atom. The molecule has 2 fully saturated rings. The fourth-order valence-corrected chi connectivity index (χ4v) is 7.77. The van der Waals surface area contributed by atoms with Crippen molar-refractivity contribution >= 4 is 67.3 Å². The molecule has 0 aliphatic carbocycles. The molecule has 4 rings (SSSR count). The van der Waals surface area contributed by atoms with Gasteiger partial charge >= 0.3 is 0 Å². The van der Waals surface area contributed by atoms with Gasteiger partial charge in [0.1, 0.15) is 5.82 Å². The Balaban J connectivity index is 0.00000484. The summed E-state index contributed by atoms with van der Waals surface area (Å²) in [5.41, 5.74) is 0.642. The molecule has 0 saturated carbocycles. The summed E-state index contributed by atoms with van der Waals surface area (Å²) in [4.78, 5) is 17.6. The van der Waals surface area contributed by atoms with Crippen LogP contribution in [0, 0.1) is 11.7 Å². The first-order valence-electron chi connectivity index (χ1n) is 13.6. The van der Waals surface area contributed by atoms with Crippen LogP contribution < -0.4 is 9.62 Å². The van der Waals surface area contributed by atoms with Crippen LogP contribution in [-0.2, 0) is 24.8 Å². The normalized spacial score (nSPS) is 18.0. The molecule has 1 amide bonds. The van der Waals surface area contributed by atoms with Gasteiger partial charge in [-0.2, -0.15) is 0 Å². The summed E-state index contributed by atoms with van der Waals surface area (Å²) in [7, 11) is -7.02. The zero-order valence-electron chi connectivity index (χ0n) is 23.2. The van der Waals surface area contributed by atoms with Gasteiger partial charge in [-0.3, -0.25) is 4.79 Å². The number of hydrogen-bond acceptors (Lipinski definition) is 6. The number of likely N-dealkylation sites (tertiary alicyclic amines) is 1. The number of carbonyl (C=O) groups is 1. The molecular weight excluding hydrogens is 650 g/mol. The third-order valence-corrected chi connectivity index (χ3v) is 11.2. The Labute approximate surface area is 263 Å². The number of amides is 1. The summed E-state index contributed by atoms with van der Waals surface area (Å²) in [5.74, 6) is -0.855. The predicted molar refractivity (Wildman–Crippen MR) is 166 cm³/mol. The SMILES string of the molecule is CS(=O)(=O)N1CCC(C(=O)N(CCCN2CCC(NS(=O)(=O)c3ccc(F)cc3)CC2)c2ccc(Cl)c(Cl)c2)CC1.Cl. The van der Waals surface area contributed by atoms with Crippen LogP contribution in [-0.4, -0.2) is 83.5 Å². The molecule has 0 radical (unpaired) electrons. The Morgan fingerprint density at radius 1 is 0.952 bits per heavy atom. The van der Waals surface area contributed by atoms with Crippen molar-refractivity contribution in [3.63, 3.8) is 0 Å². The third-order valence-electron chi connectivity index (χ3n) is 7.64. The number of anilines is 1. The van der Waals surface area contributed by atoms with Gasteiger partial charge in [0.05, 0.1) is 21.2 Å². The highest BCUT2D eigenvalue weighted by Gasteiger charge is 2.32. The number of carbonyl (C=O) groups excluding carboxylic acids is 1. The van der Waals surface area contributed by atoms with Gasteiger partial charge in [0.15, 0.2) is 0 Å². The molecule has 2 aliphatic rings. The molecule has 2 aromatic rings. The van der Waals surface area contributed by atoms with Gasteiger partial charge in [-0.25, -0.2) is 30.3 Å². The summed E-state index contributed by atoms with van der Waals surface area (Å²) < 4.78 is 66.4. The molecule has 1 N–H and O–H groups in total. The minimum absolute atomic E-state index is 0. The molecule has 0 spiro atoms. The Kier molecular flexibility index (Phi) is 12.5. The van der Waals surface area contributed by atoms with E-state index in [0.717, 1.165) is 18.7 Å². The molecule has 0 aromatic heterocycles. The monoisotopic (exact) mass is 684 g/mol. The summed E-state index contributed by atoms with van der Waals surface area (Å²) >= 11 is 12.4. The molecule has 2 aliphatic heterocycles. The van der Waals surface area contributed by atoms with E-state index in [-0.39, 0.29) is 35.2 Å². The van der Waals surface area contributed by atoms with E-state index in [0.29, 0.717) is 80.6 Å². The number of rotatable bonds is 10. The molecule has 2 saturated heterocycles. The number of hydrogen-bond donors (Lipinski definition) is 1. The van der Waals surface area contributed by atoms with Crippen molar-refractivity contribution in [2.75, 3.05) is 50.4 Å². The maximum atomic E-state index is 13.6. The van der Waals surface area contributed by atoms with Gasteiger partial charge in [0, 0.05) is 37.3 Å². The highest BCUT2D eigenvalue weighted by atomic mass is 35.5. The molecule has 0 atom stereocenters. The van der Waals surface area contributed by atoms with Crippen LogP contribution in [0.1, 0.15) is 32.1 Å². The molecule has 9 nitrogen and oxygen atoms in total. The van der Waals surface area contributed by atoms with Crippen molar-refractivity contribution in [2.45, 2.75) is 43.0 Å². The molecule has 2 aromatic carbocycles. The van der Waals surface area contributed by atoms with Gasteiger partial charge in [-0.15, -0.1) is 12.4 Å². The maximum Gasteiger partial charge on any atom is 0.240 e. The van der Waals surface area contributed by atoms with E-state index in [1.807, 2.05) is 0 Å². The second kappa shape index (κ2) is 15.0. The zero-order valence-corrected chi connectivity index (χ0v) is 27.2. The lowest BCUT2D eigenvalue weighted by molar-refractivity contribution is -0.123. The van der Waals surface area contributed by atoms with E-state index in [9.17, 15) is 26.0 Å². The lowest BCUT2D eigenvalue weighted by atomic mass is 9.96. The molecule has 42 heavy (non-hydrogen) atoms. The van der Waals surface area contributed by atoms with E-state index in [2.05, 4.69) is 9.62 Å². The van der Waals surface area contributed by atoms with Crippen LogP contribution in [0.2, 0.25) is 10.0 Å². The molecular formula is C27H36Cl3FN4O5S2. The average molecular weight is 686 g/mol. The first kappa shape index (κ1) is 35.0. The first-order valence-corrected chi connectivity index (χ1v) is 17.6. The summed E-state index contributed by atoms with van der Waals surface area (Å²) in [6.07, 6.45) is 4.03. The van der Waals surface area contributed by atoms with Crippen molar-refractivity contribution in [3.05, 3.63) is 58.3 Å². The number of piperidine rings is 2. The average Bonchev–Trinajstić information content (AvgIpc) is 2.93. The number of sulfonamides is 2. The van der Waals surface area contributed by atoms with Crippen molar-refractivity contribution in [3.8, 4) is 0 Å². The summed E-state index contributed by atoms with van der Waals surface area (Å²) in [6, 6.07) is 9.63. The van der Waals surface area contributed by atoms with E-state index in [4.69, 9.17) is 23.2 Å². The largest absolute Gasteiger partial charge is 0.312 e. The lowest BCUT2D eigenvalue weighted by Crippen LogP contribution is -2.46. The second-order valence-corrected chi connectivity index (χ2v) is 15.1. The molecule has 0 bridgehead atoms. The molecule has 0 unspecified atom stereocenters. The molecule has 2 heterocycles. The number of nitrogens with zero attached hydrogens (tertiary/aromatic N) is 3. The second-order valence-electron chi connectivity index (χ2n) is 10.6. The highest BCUT2D eigenvalue weighted by molar-refractivity contribution is 7.89. The smallest absolute Gasteiger partial charge is 0.240 e. The predicted octanol–water partition coefficient (Wildman–Crippen LogP) is 4.39. The minimum Gasteiger partial charge on any atom is -0.312 e. The van der Waals surface area contributed by atoms with E-state index < -0.39 is 25.9 Å². The standard InChI is InChI=1S/C27H35Cl2FN4O5S2.ClH/c1-40(36,37)33-17-9-20(10-18-33)27(35)34(23-5-8-25(28)26(29)19-23)14-2-13-32-15-11-22(12-16-32)31-41(38,39)24-6-3-21(30)4-7-24;/h3-8,19-20,22,31H,2,9-18H2,1H3;1H. The van der Waals surface area contributed by atoms with Gasteiger partial charge in [-0.1, -0.05) is 23.2 Å².